The van der Waals surface area contributed by atoms with Gasteiger partial charge in [0.15, 0.2) is 0 Å². The Morgan fingerprint density at radius 3 is 3.00 bits per heavy atom. The van der Waals surface area contributed by atoms with Crippen LogP contribution in [0.2, 0.25) is 0 Å². The smallest absolute Gasteiger partial charge is 0.134 e. The summed E-state index contributed by atoms with van der Waals surface area (Å²) in [6.07, 6.45) is 2.41. The van der Waals surface area contributed by atoms with Crippen LogP contribution < -0.4 is 5.32 Å². The van der Waals surface area contributed by atoms with Gasteiger partial charge in [0.1, 0.15) is 5.78 Å². The highest BCUT2D eigenvalue weighted by Crippen LogP contribution is 1.98. The third-order valence-electron chi connectivity index (χ3n) is 1.32. The maximum absolute atomic E-state index is 10.6. The summed E-state index contributed by atoms with van der Waals surface area (Å²) in [5, 5.41) is 4.10. The molecule has 0 saturated carbocycles. The predicted octanol–water partition coefficient (Wildman–Crippen LogP) is 0.344. The van der Waals surface area contributed by atoms with Gasteiger partial charge in [0, 0.05) is 25.9 Å². The van der Waals surface area contributed by atoms with E-state index in [2.05, 4.69) is 5.32 Å². The van der Waals surface area contributed by atoms with Crippen molar-refractivity contribution in [2.75, 3.05) is 13.1 Å². The van der Waals surface area contributed by atoms with Gasteiger partial charge in [-0.15, -0.1) is 0 Å². The second kappa shape index (κ2) is 2.82. The van der Waals surface area contributed by atoms with Crippen LogP contribution in [0.3, 0.4) is 0 Å². The van der Waals surface area contributed by atoms with Crippen molar-refractivity contribution in [3.05, 3.63) is 0 Å². The largest absolute Gasteiger partial charge is 0.300 e. The topological polar surface area (TPSA) is 31.2 Å². The lowest BCUT2D eigenvalue weighted by Gasteiger charge is -1.87. The highest BCUT2D eigenvalue weighted by molar-refractivity contribution is 5.78. The minimum Gasteiger partial charge on any atom is -0.300 e. The first kappa shape index (κ1) is 5.76. The molecule has 1 saturated heterocycles. The molecule has 1 aliphatic heterocycles. The van der Waals surface area contributed by atoms with Gasteiger partial charge < -0.3 is 0 Å². The van der Waals surface area contributed by atoms with E-state index in [4.69, 9.17) is 0 Å². The van der Waals surface area contributed by atoms with Crippen LogP contribution in [0, 0.1) is 0 Å². The molecule has 8 heavy (non-hydrogen) atoms. The molecule has 0 aromatic heterocycles. The van der Waals surface area contributed by atoms with Crippen LogP contribution in [0.25, 0.3) is 0 Å². The van der Waals surface area contributed by atoms with Crippen molar-refractivity contribution < 1.29 is 4.79 Å². The van der Waals surface area contributed by atoms with Gasteiger partial charge in [-0.2, -0.15) is 0 Å². The summed E-state index contributed by atoms with van der Waals surface area (Å²) in [6, 6.07) is 0. The molecule has 45 valence electrons. The van der Waals surface area contributed by atoms with Crippen molar-refractivity contribution in [3.63, 3.8) is 0 Å². The molecule has 0 aliphatic carbocycles. The Kier molecular flexibility index (Phi) is 2.03. The zero-order valence-corrected chi connectivity index (χ0v) is 4.89. The van der Waals surface area contributed by atoms with Crippen LogP contribution in [0.5, 0.6) is 0 Å². The van der Waals surface area contributed by atoms with Crippen LogP contribution in [0.1, 0.15) is 19.3 Å². The molecule has 0 N–H and O–H groups in total. The summed E-state index contributed by atoms with van der Waals surface area (Å²) in [5.41, 5.74) is 0. The van der Waals surface area contributed by atoms with Gasteiger partial charge in [-0.1, -0.05) is 0 Å². The summed E-state index contributed by atoms with van der Waals surface area (Å²) in [5.74, 6) is 0.381. The molecule has 1 aliphatic rings. The van der Waals surface area contributed by atoms with E-state index < -0.39 is 0 Å². The van der Waals surface area contributed by atoms with E-state index >= 15 is 0 Å². The van der Waals surface area contributed by atoms with Crippen molar-refractivity contribution in [1.82, 2.24) is 5.32 Å². The van der Waals surface area contributed by atoms with Crippen LogP contribution in [-0.4, -0.2) is 18.9 Å². The number of hydrogen-bond acceptors (Lipinski definition) is 1. The zero-order chi connectivity index (χ0) is 5.82. The van der Waals surface area contributed by atoms with E-state index in [-0.39, 0.29) is 0 Å². The van der Waals surface area contributed by atoms with E-state index in [0.717, 1.165) is 25.9 Å². The van der Waals surface area contributed by atoms with E-state index in [1.54, 1.807) is 0 Å². The van der Waals surface area contributed by atoms with Gasteiger partial charge in [0.2, 0.25) is 0 Å². The lowest BCUT2D eigenvalue weighted by Crippen LogP contribution is -2.05. The predicted molar refractivity (Wildman–Crippen MR) is 30.7 cm³/mol. The lowest BCUT2D eigenvalue weighted by atomic mass is 10.2. The summed E-state index contributed by atoms with van der Waals surface area (Å²) >= 11 is 0. The van der Waals surface area contributed by atoms with E-state index in [1.807, 2.05) is 0 Å². The molecule has 1 rings (SSSR count). The molecule has 0 unspecified atom stereocenters. The molecule has 0 aromatic rings. The molecule has 1 radical (unpaired) electrons. The Labute approximate surface area is 49.3 Å². The molecule has 2 nitrogen and oxygen atoms in total. The highest BCUT2D eigenvalue weighted by Gasteiger charge is 2.05. The van der Waals surface area contributed by atoms with Gasteiger partial charge in [0.25, 0.3) is 0 Å². The van der Waals surface area contributed by atoms with E-state index in [0.29, 0.717) is 12.2 Å². The Bertz CT molecular complexity index is 80.5. The number of rotatable bonds is 0. The normalized spacial score (nSPS) is 22.8. The van der Waals surface area contributed by atoms with Crippen molar-refractivity contribution >= 4 is 5.78 Å². The van der Waals surface area contributed by atoms with Crippen molar-refractivity contribution in [2.24, 2.45) is 0 Å². The number of Topliss-reactive ketones (excluding diaryl/α,β-unsaturated/α-hetero) is 1. The third kappa shape index (κ3) is 1.62. The first-order valence-corrected chi connectivity index (χ1v) is 3.04. The fourth-order valence-corrected chi connectivity index (χ4v) is 0.829. The highest BCUT2D eigenvalue weighted by atomic mass is 16.1. The second-order valence-corrected chi connectivity index (χ2v) is 2.06. The first-order valence-electron chi connectivity index (χ1n) is 3.04. The maximum atomic E-state index is 10.6. The average molecular weight is 112 g/mol. The van der Waals surface area contributed by atoms with Gasteiger partial charge >= 0.3 is 0 Å². The lowest BCUT2D eigenvalue weighted by molar-refractivity contribution is -0.118. The Hall–Kier alpha value is -0.370. The third-order valence-corrected chi connectivity index (χ3v) is 1.32. The monoisotopic (exact) mass is 112 g/mol. The molecule has 1 heterocycles. The molecular weight excluding hydrogens is 102 g/mol. The van der Waals surface area contributed by atoms with E-state index in [9.17, 15) is 4.79 Å². The summed E-state index contributed by atoms with van der Waals surface area (Å²) in [6.45, 7) is 1.66. The van der Waals surface area contributed by atoms with Crippen LogP contribution in [0.4, 0.5) is 0 Å². The molecule has 0 aromatic carbocycles. The molecule has 2 heteroatoms. The Morgan fingerprint density at radius 1 is 1.25 bits per heavy atom. The second-order valence-electron chi connectivity index (χ2n) is 2.06. The molecule has 0 spiro atoms. The van der Waals surface area contributed by atoms with Crippen LogP contribution >= 0.6 is 0 Å². The molecular formula is C6H10NO. The van der Waals surface area contributed by atoms with E-state index in [1.165, 1.54) is 0 Å². The summed E-state index contributed by atoms with van der Waals surface area (Å²) in [7, 11) is 0. The number of carbonyl (C=O) groups excluding carboxylic acids is 1. The van der Waals surface area contributed by atoms with Crippen molar-refractivity contribution in [3.8, 4) is 0 Å². The van der Waals surface area contributed by atoms with Gasteiger partial charge in [-0.3, -0.25) is 4.79 Å². The Balaban J connectivity index is 2.27. The number of nitrogens with zero attached hydrogens (tertiary/aromatic N) is 1. The molecule has 0 atom stereocenters. The number of carbonyl (C=O) groups is 1. The first-order chi connectivity index (χ1) is 3.89. The average Bonchev–Trinajstić information content (AvgIpc) is 1.94. The fourth-order valence-electron chi connectivity index (χ4n) is 0.829. The minimum absolute atomic E-state index is 0.381. The van der Waals surface area contributed by atoms with Gasteiger partial charge in [-0.05, 0) is 6.42 Å². The summed E-state index contributed by atoms with van der Waals surface area (Å²) in [4.78, 5) is 10.6. The minimum atomic E-state index is 0.381. The molecule has 0 amide bonds. The van der Waals surface area contributed by atoms with Crippen LogP contribution in [0.15, 0.2) is 0 Å². The molecule has 1 fully saturated rings. The molecule has 0 bridgehead atoms. The number of hydrogen-bond donors (Lipinski definition) is 0. The van der Waals surface area contributed by atoms with Crippen molar-refractivity contribution in [1.29, 1.82) is 0 Å². The summed E-state index contributed by atoms with van der Waals surface area (Å²) < 4.78 is 0. The quantitative estimate of drug-likeness (QED) is 0.444. The number of ketones is 1. The van der Waals surface area contributed by atoms with Gasteiger partial charge in [0.05, 0.1) is 0 Å². The van der Waals surface area contributed by atoms with Gasteiger partial charge in [-0.25, -0.2) is 5.32 Å². The standard InChI is InChI=1S/C6H10NO/c8-6-2-1-4-7-5-3-6/h1-5H2. The SMILES string of the molecule is O=C1CCC[N]CC1. The van der Waals surface area contributed by atoms with Crippen molar-refractivity contribution in [2.45, 2.75) is 19.3 Å². The maximum Gasteiger partial charge on any atom is 0.134 e. The Morgan fingerprint density at radius 2 is 2.12 bits per heavy atom. The fraction of sp³-hybridized carbons (Fsp3) is 0.833. The van der Waals surface area contributed by atoms with Crippen LogP contribution in [-0.2, 0) is 4.79 Å². The zero-order valence-electron chi connectivity index (χ0n) is 4.89.